The van der Waals surface area contributed by atoms with E-state index in [1.54, 1.807) is 0 Å². The van der Waals surface area contributed by atoms with Gasteiger partial charge in [-0.3, -0.25) is 0 Å². The highest BCUT2D eigenvalue weighted by Gasteiger charge is 2.27. The molecule has 1 aliphatic carbocycles. The van der Waals surface area contributed by atoms with Crippen LogP contribution in [-0.4, -0.2) is 21.1 Å². The quantitative estimate of drug-likeness (QED) is 0.829. The third kappa shape index (κ3) is 1.81. The lowest BCUT2D eigenvalue weighted by Gasteiger charge is -2.18. The lowest BCUT2D eigenvalue weighted by molar-refractivity contribution is 0.527. The predicted octanol–water partition coefficient (Wildman–Crippen LogP) is 1.80. The largest absolute Gasteiger partial charge is 0.333 e. The Bertz CT molecular complexity index is 297. The summed E-state index contributed by atoms with van der Waals surface area (Å²) < 4.78 is 2.25. The molecule has 0 amide bonds. The molecule has 2 atom stereocenters. The van der Waals surface area contributed by atoms with E-state index in [9.17, 15) is 0 Å². The second-order valence-corrected chi connectivity index (χ2v) is 4.87. The molecule has 0 aliphatic heterocycles. The van der Waals surface area contributed by atoms with Crippen molar-refractivity contribution in [3.63, 3.8) is 0 Å². The van der Waals surface area contributed by atoms with Crippen LogP contribution >= 0.6 is 11.8 Å². The van der Waals surface area contributed by atoms with E-state index < -0.39 is 0 Å². The summed E-state index contributed by atoms with van der Waals surface area (Å²) in [6.07, 6.45) is 10.2. The van der Waals surface area contributed by atoms with Crippen molar-refractivity contribution in [2.45, 2.75) is 37.1 Å². The molecule has 14 heavy (non-hydrogen) atoms. The Labute approximate surface area is 89.1 Å². The number of nitrogens with zero attached hydrogens (tertiary/aromatic N) is 2. The summed E-state index contributed by atoms with van der Waals surface area (Å²) in [5, 5.41) is 0.759. The fourth-order valence-corrected chi connectivity index (χ4v) is 3.18. The highest BCUT2D eigenvalue weighted by molar-refractivity contribution is 7.99. The SMILES string of the molecule is CSC1CCCC1n1cnc(CN)c1. The molecule has 2 rings (SSSR count). The van der Waals surface area contributed by atoms with Crippen LogP contribution in [0.3, 0.4) is 0 Å². The summed E-state index contributed by atoms with van der Waals surface area (Å²) in [7, 11) is 0. The average Bonchev–Trinajstić information content (AvgIpc) is 2.85. The number of nitrogens with two attached hydrogens (primary N) is 1. The van der Waals surface area contributed by atoms with E-state index >= 15 is 0 Å². The molecule has 1 aromatic heterocycles. The standard InChI is InChI=1S/C10H17N3S/c1-14-10-4-2-3-9(10)13-6-8(5-11)12-7-13/h6-7,9-10H,2-5,11H2,1H3. The zero-order valence-electron chi connectivity index (χ0n) is 8.52. The van der Waals surface area contributed by atoms with E-state index in [4.69, 9.17) is 5.73 Å². The van der Waals surface area contributed by atoms with Gasteiger partial charge in [-0.05, 0) is 19.1 Å². The van der Waals surface area contributed by atoms with Crippen molar-refractivity contribution in [3.8, 4) is 0 Å². The molecule has 0 spiro atoms. The maximum Gasteiger partial charge on any atom is 0.0952 e. The van der Waals surface area contributed by atoms with Crippen LogP contribution in [-0.2, 0) is 6.54 Å². The van der Waals surface area contributed by atoms with Gasteiger partial charge in [-0.1, -0.05) is 6.42 Å². The Morgan fingerprint density at radius 3 is 3.14 bits per heavy atom. The van der Waals surface area contributed by atoms with Gasteiger partial charge < -0.3 is 10.3 Å². The minimum atomic E-state index is 0.545. The summed E-state index contributed by atoms with van der Waals surface area (Å²) in [5.74, 6) is 0. The third-order valence-corrected chi connectivity index (χ3v) is 4.12. The van der Waals surface area contributed by atoms with E-state index in [0.29, 0.717) is 12.6 Å². The molecule has 1 aromatic rings. The molecule has 1 aliphatic rings. The van der Waals surface area contributed by atoms with Crippen LogP contribution in [0, 0.1) is 0 Å². The summed E-state index contributed by atoms with van der Waals surface area (Å²) in [5.41, 5.74) is 6.54. The molecule has 78 valence electrons. The predicted molar refractivity (Wildman–Crippen MR) is 60.3 cm³/mol. The van der Waals surface area contributed by atoms with Gasteiger partial charge in [0.1, 0.15) is 0 Å². The van der Waals surface area contributed by atoms with Crippen LogP contribution in [0.2, 0.25) is 0 Å². The van der Waals surface area contributed by atoms with Crippen molar-refractivity contribution in [1.29, 1.82) is 0 Å². The van der Waals surface area contributed by atoms with Crippen LogP contribution in [0.1, 0.15) is 31.0 Å². The van der Waals surface area contributed by atoms with Crippen molar-refractivity contribution < 1.29 is 0 Å². The number of hydrogen-bond acceptors (Lipinski definition) is 3. The van der Waals surface area contributed by atoms with Gasteiger partial charge in [0, 0.05) is 24.0 Å². The molecule has 1 heterocycles. The summed E-state index contributed by atoms with van der Waals surface area (Å²) in [6, 6.07) is 0.637. The fraction of sp³-hybridized carbons (Fsp3) is 0.700. The first-order valence-corrected chi connectivity index (χ1v) is 6.39. The minimum absolute atomic E-state index is 0.545. The minimum Gasteiger partial charge on any atom is -0.333 e. The second-order valence-electron chi connectivity index (χ2n) is 3.79. The summed E-state index contributed by atoms with van der Waals surface area (Å²) in [6.45, 7) is 0.545. The molecule has 0 aromatic carbocycles. The Morgan fingerprint density at radius 1 is 1.64 bits per heavy atom. The van der Waals surface area contributed by atoms with Crippen LogP contribution in [0.15, 0.2) is 12.5 Å². The molecule has 2 N–H and O–H groups in total. The number of thioether (sulfide) groups is 1. The van der Waals surface area contributed by atoms with Gasteiger partial charge in [-0.2, -0.15) is 11.8 Å². The van der Waals surface area contributed by atoms with E-state index in [0.717, 1.165) is 10.9 Å². The van der Waals surface area contributed by atoms with Crippen molar-refractivity contribution in [2.24, 2.45) is 5.73 Å². The first-order valence-electron chi connectivity index (χ1n) is 5.10. The lowest BCUT2D eigenvalue weighted by Crippen LogP contribution is -2.14. The van der Waals surface area contributed by atoms with E-state index in [-0.39, 0.29) is 0 Å². The van der Waals surface area contributed by atoms with Crippen LogP contribution in [0.25, 0.3) is 0 Å². The van der Waals surface area contributed by atoms with Gasteiger partial charge in [-0.25, -0.2) is 4.98 Å². The highest BCUT2D eigenvalue weighted by Crippen LogP contribution is 2.37. The molecule has 3 nitrogen and oxygen atoms in total. The van der Waals surface area contributed by atoms with E-state index in [1.165, 1.54) is 19.3 Å². The van der Waals surface area contributed by atoms with Crippen LogP contribution in [0.5, 0.6) is 0 Å². The Kier molecular flexibility index (Phi) is 3.13. The number of aromatic nitrogens is 2. The Hall–Kier alpha value is -0.480. The molecule has 2 unspecified atom stereocenters. The topological polar surface area (TPSA) is 43.8 Å². The molecular weight excluding hydrogens is 194 g/mol. The van der Waals surface area contributed by atoms with Crippen molar-refractivity contribution in [3.05, 3.63) is 18.2 Å². The molecule has 1 fully saturated rings. The maximum atomic E-state index is 5.55. The van der Waals surface area contributed by atoms with Crippen molar-refractivity contribution in [1.82, 2.24) is 9.55 Å². The van der Waals surface area contributed by atoms with Crippen LogP contribution in [0.4, 0.5) is 0 Å². The maximum absolute atomic E-state index is 5.55. The first kappa shape index (κ1) is 10.1. The second kappa shape index (κ2) is 4.36. The first-order chi connectivity index (χ1) is 6.85. The smallest absolute Gasteiger partial charge is 0.0952 e. The normalized spacial score (nSPS) is 27.0. The molecular formula is C10H17N3S. The summed E-state index contributed by atoms with van der Waals surface area (Å²) in [4.78, 5) is 4.28. The zero-order chi connectivity index (χ0) is 9.97. The Balaban J connectivity index is 2.13. The Morgan fingerprint density at radius 2 is 2.50 bits per heavy atom. The monoisotopic (exact) mass is 211 g/mol. The van der Waals surface area contributed by atoms with E-state index in [1.807, 2.05) is 18.1 Å². The third-order valence-electron chi connectivity index (χ3n) is 2.97. The summed E-state index contributed by atoms with van der Waals surface area (Å²) >= 11 is 1.97. The van der Waals surface area contributed by atoms with Gasteiger partial charge in [0.05, 0.1) is 12.0 Å². The zero-order valence-corrected chi connectivity index (χ0v) is 9.33. The molecule has 0 saturated heterocycles. The van der Waals surface area contributed by atoms with E-state index in [2.05, 4.69) is 22.0 Å². The van der Waals surface area contributed by atoms with Gasteiger partial charge >= 0.3 is 0 Å². The molecule has 0 bridgehead atoms. The molecule has 0 radical (unpaired) electrons. The number of hydrogen-bond donors (Lipinski definition) is 1. The van der Waals surface area contributed by atoms with Gasteiger partial charge in [-0.15, -0.1) is 0 Å². The molecule has 4 heteroatoms. The van der Waals surface area contributed by atoms with Gasteiger partial charge in [0.2, 0.25) is 0 Å². The highest BCUT2D eigenvalue weighted by atomic mass is 32.2. The van der Waals surface area contributed by atoms with Gasteiger partial charge in [0.15, 0.2) is 0 Å². The number of imidazole rings is 1. The number of rotatable bonds is 3. The van der Waals surface area contributed by atoms with Crippen LogP contribution < -0.4 is 5.73 Å². The van der Waals surface area contributed by atoms with Gasteiger partial charge in [0.25, 0.3) is 0 Å². The van der Waals surface area contributed by atoms with Crippen molar-refractivity contribution >= 4 is 11.8 Å². The lowest BCUT2D eigenvalue weighted by atomic mass is 10.2. The molecule has 1 saturated carbocycles. The average molecular weight is 211 g/mol. The van der Waals surface area contributed by atoms with Crippen molar-refractivity contribution in [2.75, 3.05) is 6.26 Å². The fourth-order valence-electron chi connectivity index (χ4n) is 2.19.